The highest BCUT2D eigenvalue weighted by molar-refractivity contribution is 5.79. The smallest absolute Gasteiger partial charge is 0.410 e. The second kappa shape index (κ2) is 8.22. The second-order valence-electron chi connectivity index (χ2n) is 6.54. The minimum atomic E-state index is -0.506. The maximum absolute atomic E-state index is 12.1. The standard InChI is InChI=1S/C15H29N3O3/c1-5-6-9-16-17-13(19)12-8-7-10-18(11-12)14(20)21-15(2,3)4/h12,16H,5-11H2,1-4H3,(H,17,19)/t12-/m1/s1. The largest absolute Gasteiger partial charge is 0.444 e. The monoisotopic (exact) mass is 299 g/mol. The first-order valence-corrected chi connectivity index (χ1v) is 7.84. The molecule has 0 saturated carbocycles. The van der Waals surface area contributed by atoms with Crippen molar-refractivity contribution in [2.45, 2.75) is 59.0 Å². The molecule has 0 aromatic rings. The third kappa shape index (κ3) is 6.80. The Morgan fingerprint density at radius 3 is 2.67 bits per heavy atom. The summed E-state index contributed by atoms with van der Waals surface area (Å²) in [6, 6.07) is 0. The number of piperidine rings is 1. The van der Waals surface area contributed by atoms with Crippen LogP contribution in [0.5, 0.6) is 0 Å². The zero-order chi connectivity index (χ0) is 15.9. The van der Waals surface area contributed by atoms with Gasteiger partial charge in [0.25, 0.3) is 0 Å². The van der Waals surface area contributed by atoms with Gasteiger partial charge in [0.2, 0.25) is 5.91 Å². The van der Waals surface area contributed by atoms with Gasteiger partial charge in [0.1, 0.15) is 5.60 Å². The van der Waals surface area contributed by atoms with Crippen LogP contribution in [0.1, 0.15) is 53.4 Å². The van der Waals surface area contributed by atoms with Crippen molar-refractivity contribution in [3.63, 3.8) is 0 Å². The minimum absolute atomic E-state index is 0.0423. The van der Waals surface area contributed by atoms with Crippen molar-refractivity contribution in [1.29, 1.82) is 0 Å². The van der Waals surface area contributed by atoms with Crippen molar-refractivity contribution in [2.75, 3.05) is 19.6 Å². The topological polar surface area (TPSA) is 70.7 Å². The van der Waals surface area contributed by atoms with E-state index >= 15 is 0 Å². The molecule has 1 rings (SSSR count). The zero-order valence-corrected chi connectivity index (χ0v) is 13.7. The number of ether oxygens (including phenoxy) is 1. The quantitative estimate of drug-likeness (QED) is 0.602. The molecule has 0 unspecified atom stereocenters. The summed E-state index contributed by atoms with van der Waals surface area (Å²) < 4.78 is 5.36. The highest BCUT2D eigenvalue weighted by atomic mass is 16.6. The Kier molecular flexibility index (Phi) is 6.95. The van der Waals surface area contributed by atoms with Crippen LogP contribution in [0.25, 0.3) is 0 Å². The summed E-state index contributed by atoms with van der Waals surface area (Å²) in [6.07, 6.45) is 3.40. The molecule has 1 heterocycles. The molecule has 0 aliphatic carbocycles. The van der Waals surface area contributed by atoms with Crippen molar-refractivity contribution < 1.29 is 14.3 Å². The molecule has 122 valence electrons. The summed E-state index contributed by atoms with van der Waals surface area (Å²) in [5, 5.41) is 0. The summed E-state index contributed by atoms with van der Waals surface area (Å²) in [6.45, 7) is 9.48. The molecule has 1 saturated heterocycles. The van der Waals surface area contributed by atoms with Gasteiger partial charge < -0.3 is 9.64 Å². The van der Waals surface area contributed by atoms with Crippen LogP contribution in [0.3, 0.4) is 0 Å². The number of hydrogen-bond acceptors (Lipinski definition) is 4. The molecular formula is C15H29N3O3. The van der Waals surface area contributed by atoms with E-state index in [0.717, 1.165) is 32.2 Å². The van der Waals surface area contributed by atoms with E-state index in [9.17, 15) is 9.59 Å². The first-order valence-electron chi connectivity index (χ1n) is 7.84. The highest BCUT2D eigenvalue weighted by Crippen LogP contribution is 2.19. The highest BCUT2D eigenvalue weighted by Gasteiger charge is 2.30. The Morgan fingerprint density at radius 1 is 1.33 bits per heavy atom. The molecule has 0 radical (unpaired) electrons. The van der Waals surface area contributed by atoms with E-state index in [1.54, 1.807) is 4.90 Å². The normalized spacial score (nSPS) is 19.2. The lowest BCUT2D eigenvalue weighted by molar-refractivity contribution is -0.127. The minimum Gasteiger partial charge on any atom is -0.444 e. The molecule has 2 amide bonds. The van der Waals surface area contributed by atoms with E-state index in [2.05, 4.69) is 17.8 Å². The Balaban J connectivity index is 2.40. The van der Waals surface area contributed by atoms with Crippen LogP contribution >= 0.6 is 0 Å². The average Bonchev–Trinajstić information content (AvgIpc) is 2.41. The molecule has 2 N–H and O–H groups in total. The van der Waals surface area contributed by atoms with E-state index in [4.69, 9.17) is 4.74 Å². The fourth-order valence-electron chi connectivity index (χ4n) is 2.20. The molecule has 0 aromatic carbocycles. The van der Waals surface area contributed by atoms with Gasteiger partial charge in [0, 0.05) is 19.6 Å². The Hall–Kier alpha value is -1.30. The molecule has 0 bridgehead atoms. The summed E-state index contributed by atoms with van der Waals surface area (Å²) in [7, 11) is 0. The molecule has 1 fully saturated rings. The lowest BCUT2D eigenvalue weighted by atomic mass is 9.98. The van der Waals surface area contributed by atoms with Crippen molar-refractivity contribution in [3.05, 3.63) is 0 Å². The molecule has 0 aromatic heterocycles. The number of hydrogen-bond donors (Lipinski definition) is 2. The fourth-order valence-corrected chi connectivity index (χ4v) is 2.20. The van der Waals surface area contributed by atoms with E-state index in [0.29, 0.717) is 13.1 Å². The summed E-state index contributed by atoms with van der Waals surface area (Å²) in [4.78, 5) is 25.7. The van der Waals surface area contributed by atoms with Crippen LogP contribution in [0, 0.1) is 5.92 Å². The molecule has 0 spiro atoms. The molecular weight excluding hydrogens is 270 g/mol. The lowest BCUT2D eigenvalue weighted by Gasteiger charge is -2.33. The fraction of sp³-hybridized carbons (Fsp3) is 0.867. The number of carbonyl (C=O) groups excluding carboxylic acids is 2. The molecule has 1 aliphatic heterocycles. The Morgan fingerprint density at radius 2 is 2.05 bits per heavy atom. The van der Waals surface area contributed by atoms with E-state index < -0.39 is 5.60 Å². The predicted octanol–water partition coefficient (Wildman–Crippen LogP) is 2.05. The van der Waals surface area contributed by atoms with Crippen molar-refractivity contribution in [3.8, 4) is 0 Å². The number of carbonyl (C=O) groups is 2. The van der Waals surface area contributed by atoms with Gasteiger partial charge in [-0.05, 0) is 40.0 Å². The number of unbranched alkanes of at least 4 members (excludes halogenated alkanes) is 1. The summed E-state index contributed by atoms with van der Waals surface area (Å²) in [5.41, 5.74) is 5.15. The third-order valence-corrected chi connectivity index (χ3v) is 3.31. The Labute approximate surface area is 127 Å². The molecule has 1 atom stereocenters. The van der Waals surface area contributed by atoms with Crippen LogP contribution < -0.4 is 10.9 Å². The van der Waals surface area contributed by atoms with Crippen LogP contribution in [0.2, 0.25) is 0 Å². The number of hydrazine groups is 1. The number of nitrogens with zero attached hydrogens (tertiary/aromatic N) is 1. The maximum Gasteiger partial charge on any atom is 0.410 e. The number of rotatable bonds is 5. The van der Waals surface area contributed by atoms with Crippen molar-refractivity contribution in [2.24, 2.45) is 5.92 Å². The average molecular weight is 299 g/mol. The Bertz CT molecular complexity index is 353. The van der Waals surface area contributed by atoms with Crippen LogP contribution in [-0.4, -0.2) is 42.1 Å². The number of nitrogens with one attached hydrogen (secondary N) is 2. The predicted molar refractivity (Wildman–Crippen MR) is 81.6 cm³/mol. The summed E-state index contributed by atoms with van der Waals surface area (Å²) in [5.74, 6) is -0.209. The van der Waals surface area contributed by atoms with Gasteiger partial charge in [-0.3, -0.25) is 10.2 Å². The van der Waals surface area contributed by atoms with E-state index in [1.807, 2.05) is 20.8 Å². The van der Waals surface area contributed by atoms with Gasteiger partial charge in [-0.2, -0.15) is 0 Å². The van der Waals surface area contributed by atoms with E-state index in [-0.39, 0.29) is 17.9 Å². The van der Waals surface area contributed by atoms with Gasteiger partial charge in [-0.1, -0.05) is 13.3 Å². The number of likely N-dealkylation sites (tertiary alicyclic amines) is 1. The maximum atomic E-state index is 12.1. The molecule has 1 aliphatic rings. The van der Waals surface area contributed by atoms with Crippen LogP contribution in [-0.2, 0) is 9.53 Å². The van der Waals surface area contributed by atoms with Crippen molar-refractivity contribution >= 4 is 12.0 Å². The van der Waals surface area contributed by atoms with Gasteiger partial charge in [-0.15, -0.1) is 0 Å². The zero-order valence-electron chi connectivity index (χ0n) is 13.7. The number of amides is 2. The molecule has 6 heteroatoms. The SMILES string of the molecule is CCCCNNC(=O)[C@@H]1CCCN(C(=O)OC(C)(C)C)C1. The first-order chi connectivity index (χ1) is 9.83. The van der Waals surface area contributed by atoms with Gasteiger partial charge in [0.05, 0.1) is 5.92 Å². The summed E-state index contributed by atoms with van der Waals surface area (Å²) >= 11 is 0. The van der Waals surface area contributed by atoms with E-state index in [1.165, 1.54) is 0 Å². The first kappa shape index (κ1) is 17.8. The van der Waals surface area contributed by atoms with Crippen LogP contribution in [0.15, 0.2) is 0 Å². The molecule has 6 nitrogen and oxygen atoms in total. The van der Waals surface area contributed by atoms with Gasteiger partial charge in [-0.25, -0.2) is 10.2 Å². The van der Waals surface area contributed by atoms with Crippen molar-refractivity contribution in [1.82, 2.24) is 15.8 Å². The lowest BCUT2D eigenvalue weighted by Crippen LogP contribution is -2.49. The van der Waals surface area contributed by atoms with Gasteiger partial charge >= 0.3 is 6.09 Å². The second-order valence-corrected chi connectivity index (χ2v) is 6.54. The van der Waals surface area contributed by atoms with Crippen LogP contribution in [0.4, 0.5) is 4.79 Å². The third-order valence-electron chi connectivity index (χ3n) is 3.31. The molecule has 21 heavy (non-hydrogen) atoms. The van der Waals surface area contributed by atoms with Gasteiger partial charge in [0.15, 0.2) is 0 Å².